The highest BCUT2D eigenvalue weighted by molar-refractivity contribution is 6.42. The number of nitrogens with one attached hydrogen (secondary N) is 4. The van der Waals surface area contributed by atoms with Crippen LogP contribution in [-0.4, -0.2) is 47.2 Å². The Bertz CT molecular complexity index is 857. The van der Waals surface area contributed by atoms with E-state index in [1.165, 1.54) is 0 Å². The van der Waals surface area contributed by atoms with Crippen LogP contribution < -0.4 is 16.2 Å². The van der Waals surface area contributed by atoms with Gasteiger partial charge in [0.1, 0.15) is 11.4 Å². The molecule has 2 aromatic rings. The zero-order valence-corrected chi connectivity index (χ0v) is 16.2. The van der Waals surface area contributed by atoms with E-state index in [1.807, 2.05) is 6.07 Å². The van der Waals surface area contributed by atoms with E-state index in [2.05, 4.69) is 20.6 Å². The van der Waals surface area contributed by atoms with Gasteiger partial charge >= 0.3 is 0 Å². The molecule has 146 valence electrons. The normalized spacial score (nSPS) is 10.7. The Morgan fingerprint density at radius 2 is 2.07 bits per heavy atom. The zero-order valence-electron chi connectivity index (χ0n) is 14.7. The van der Waals surface area contributed by atoms with Crippen LogP contribution in [0.2, 0.25) is 10.0 Å². The number of aliphatic hydroxyl groups excluding tert-OH is 1. The number of hydrogen-bond acceptors (Lipinski definition) is 7. The minimum absolute atomic E-state index is 0.0633. The lowest BCUT2D eigenvalue weighted by Gasteiger charge is -2.13. The van der Waals surface area contributed by atoms with Gasteiger partial charge in [0, 0.05) is 13.1 Å². The maximum atomic E-state index is 12.4. The first-order valence-electron chi connectivity index (χ1n) is 8.22. The Morgan fingerprint density at radius 1 is 1.30 bits per heavy atom. The lowest BCUT2D eigenvalue weighted by atomic mass is 10.2. The predicted octanol–water partition coefficient (Wildman–Crippen LogP) is 2.50. The number of halogens is 2. The number of rotatable bonds is 10. The van der Waals surface area contributed by atoms with E-state index in [9.17, 15) is 4.79 Å². The van der Waals surface area contributed by atoms with E-state index in [-0.39, 0.29) is 36.3 Å². The smallest absolute Gasteiger partial charge is 0.276 e. The van der Waals surface area contributed by atoms with Crippen LogP contribution in [0.3, 0.4) is 0 Å². The molecular weight excluding hydrogens is 393 g/mol. The number of benzene rings is 1. The number of aromatic nitrogens is 2. The highest BCUT2D eigenvalue weighted by Gasteiger charge is 2.13. The topological polar surface area (TPSA) is 123 Å². The van der Waals surface area contributed by atoms with Gasteiger partial charge in [-0.15, -0.1) is 0 Å². The summed E-state index contributed by atoms with van der Waals surface area (Å²) in [7, 11) is 0. The van der Waals surface area contributed by atoms with Crippen LogP contribution >= 0.6 is 23.2 Å². The summed E-state index contributed by atoms with van der Waals surface area (Å²) in [6.07, 6.45) is 0. The highest BCUT2D eigenvalue weighted by atomic mass is 35.5. The fourth-order valence-corrected chi connectivity index (χ4v) is 2.56. The van der Waals surface area contributed by atoms with Crippen LogP contribution in [0.1, 0.15) is 18.2 Å². The van der Waals surface area contributed by atoms with Gasteiger partial charge in [-0.3, -0.25) is 9.78 Å². The molecule has 0 unspecified atom stereocenters. The first-order chi connectivity index (χ1) is 12.9. The average molecular weight is 414 g/mol. The van der Waals surface area contributed by atoms with Crippen molar-refractivity contribution in [3.8, 4) is 0 Å². The molecule has 0 radical (unpaired) electrons. The van der Waals surface area contributed by atoms with Crippen LogP contribution in [0.5, 0.6) is 0 Å². The number of hydrogen-bond donors (Lipinski definition) is 5. The summed E-state index contributed by atoms with van der Waals surface area (Å²) in [5, 5.41) is 23.4. The highest BCUT2D eigenvalue weighted by Crippen LogP contribution is 2.22. The third-order valence-corrected chi connectivity index (χ3v) is 4.24. The standard InChI is InChI=1S/C17H21Cl2N5O3/c1-10(20)14-15(21-4-6-27-7-5-25)16(26)24-17(23-14)22-9-11-2-3-12(18)13(19)8-11/h2-3,8,20-21,25H,4-7,9H2,1H3,(H2,22,23,24,26). The lowest BCUT2D eigenvalue weighted by molar-refractivity contribution is 0.0992. The number of ether oxygens (including phenoxy) is 1. The molecule has 1 aromatic heterocycles. The average Bonchev–Trinajstić information content (AvgIpc) is 2.63. The van der Waals surface area contributed by atoms with Gasteiger partial charge in [-0.05, 0) is 24.6 Å². The molecule has 0 atom stereocenters. The minimum Gasteiger partial charge on any atom is -0.394 e. The second-order valence-electron chi connectivity index (χ2n) is 5.63. The van der Waals surface area contributed by atoms with Gasteiger partial charge in [0.25, 0.3) is 5.56 Å². The molecule has 1 heterocycles. The molecule has 0 amide bonds. The maximum Gasteiger partial charge on any atom is 0.276 e. The van der Waals surface area contributed by atoms with Gasteiger partial charge in [-0.1, -0.05) is 29.3 Å². The van der Waals surface area contributed by atoms with Crippen LogP contribution in [0.25, 0.3) is 0 Å². The number of anilines is 2. The van der Waals surface area contributed by atoms with Gasteiger partial charge < -0.3 is 25.9 Å². The zero-order chi connectivity index (χ0) is 19.8. The molecule has 0 saturated heterocycles. The molecule has 0 aliphatic rings. The Kier molecular flexibility index (Phi) is 8.05. The molecule has 8 nitrogen and oxygen atoms in total. The summed E-state index contributed by atoms with van der Waals surface area (Å²) in [5.74, 6) is 0.245. The molecule has 0 bridgehead atoms. The minimum atomic E-state index is -0.398. The van der Waals surface area contributed by atoms with Gasteiger partial charge in [-0.2, -0.15) is 0 Å². The van der Waals surface area contributed by atoms with E-state index >= 15 is 0 Å². The van der Waals surface area contributed by atoms with Crippen molar-refractivity contribution in [3.05, 3.63) is 49.9 Å². The van der Waals surface area contributed by atoms with Gasteiger partial charge in [0.2, 0.25) is 5.95 Å². The molecule has 1 aromatic carbocycles. The Balaban J connectivity index is 2.10. The molecule has 27 heavy (non-hydrogen) atoms. The molecule has 10 heteroatoms. The van der Waals surface area contributed by atoms with Crippen molar-refractivity contribution in [2.75, 3.05) is 37.0 Å². The van der Waals surface area contributed by atoms with E-state index in [1.54, 1.807) is 19.1 Å². The van der Waals surface area contributed by atoms with Crippen LogP contribution in [0.15, 0.2) is 23.0 Å². The fraction of sp³-hybridized carbons (Fsp3) is 0.353. The fourth-order valence-electron chi connectivity index (χ4n) is 2.24. The lowest BCUT2D eigenvalue weighted by Crippen LogP contribution is -2.24. The van der Waals surface area contributed by atoms with E-state index < -0.39 is 5.56 Å². The predicted molar refractivity (Wildman–Crippen MR) is 108 cm³/mol. The van der Waals surface area contributed by atoms with Crippen molar-refractivity contribution in [2.45, 2.75) is 13.5 Å². The van der Waals surface area contributed by atoms with Crippen molar-refractivity contribution in [1.82, 2.24) is 9.97 Å². The summed E-state index contributed by atoms with van der Waals surface area (Å²) in [6, 6.07) is 5.22. The third kappa shape index (κ3) is 6.21. The third-order valence-electron chi connectivity index (χ3n) is 3.50. The summed E-state index contributed by atoms with van der Waals surface area (Å²) < 4.78 is 5.14. The van der Waals surface area contributed by atoms with E-state index in [0.717, 1.165) is 5.56 Å². The van der Waals surface area contributed by atoms with Crippen LogP contribution in [0.4, 0.5) is 11.6 Å². The first kappa shape index (κ1) is 21.2. The van der Waals surface area contributed by atoms with Crippen molar-refractivity contribution < 1.29 is 9.84 Å². The molecule has 0 saturated carbocycles. The van der Waals surface area contributed by atoms with E-state index in [4.69, 9.17) is 38.5 Å². The van der Waals surface area contributed by atoms with Gasteiger partial charge in [0.05, 0.1) is 35.6 Å². The first-order valence-corrected chi connectivity index (χ1v) is 8.98. The Morgan fingerprint density at radius 3 is 2.74 bits per heavy atom. The monoisotopic (exact) mass is 413 g/mol. The second-order valence-corrected chi connectivity index (χ2v) is 6.44. The van der Waals surface area contributed by atoms with Crippen LogP contribution in [-0.2, 0) is 11.3 Å². The molecule has 0 spiro atoms. The number of H-pyrrole nitrogens is 1. The molecule has 0 aliphatic heterocycles. The number of aliphatic hydroxyl groups is 1. The second kappa shape index (κ2) is 10.3. The van der Waals surface area contributed by atoms with Crippen molar-refractivity contribution in [1.29, 1.82) is 5.41 Å². The molecule has 5 N–H and O–H groups in total. The molecule has 2 rings (SSSR count). The Labute approximate surface area is 166 Å². The number of aromatic amines is 1. The quantitative estimate of drug-likeness (QED) is 0.301. The van der Waals surface area contributed by atoms with Crippen molar-refractivity contribution in [3.63, 3.8) is 0 Å². The number of nitrogens with zero attached hydrogens (tertiary/aromatic N) is 1. The van der Waals surface area contributed by atoms with Crippen molar-refractivity contribution >= 4 is 40.5 Å². The molecular formula is C17H21Cl2N5O3. The van der Waals surface area contributed by atoms with Gasteiger partial charge in [-0.25, -0.2) is 4.98 Å². The SMILES string of the molecule is CC(=N)c1nc(NCc2ccc(Cl)c(Cl)c2)[nH]c(=O)c1NCCOCCO. The van der Waals surface area contributed by atoms with Crippen LogP contribution in [0, 0.1) is 5.41 Å². The summed E-state index contributed by atoms with van der Waals surface area (Å²) in [4.78, 5) is 19.3. The largest absolute Gasteiger partial charge is 0.394 e. The maximum absolute atomic E-state index is 12.4. The Hall–Kier alpha value is -2.13. The summed E-state index contributed by atoms with van der Waals surface area (Å²) in [5.41, 5.74) is 1.07. The molecule has 0 aliphatic carbocycles. The van der Waals surface area contributed by atoms with Gasteiger partial charge in [0.15, 0.2) is 0 Å². The molecule has 0 fully saturated rings. The van der Waals surface area contributed by atoms with E-state index in [0.29, 0.717) is 29.7 Å². The summed E-state index contributed by atoms with van der Waals surface area (Å²) >= 11 is 11.9. The van der Waals surface area contributed by atoms with Crippen molar-refractivity contribution in [2.24, 2.45) is 0 Å². The summed E-state index contributed by atoms with van der Waals surface area (Å²) in [6.45, 7) is 2.75.